The topological polar surface area (TPSA) is 85.5 Å². The third-order valence-electron chi connectivity index (χ3n) is 2.99. The van der Waals surface area contributed by atoms with E-state index in [0.29, 0.717) is 29.4 Å². The lowest BCUT2D eigenvalue weighted by molar-refractivity contribution is 0.0950. The third-order valence-corrected chi connectivity index (χ3v) is 2.99. The SMILES string of the molecule is COc1cc(OC)c(OC)cc1CNC(=O)c1cn[nH]c1. The fourth-order valence-electron chi connectivity index (χ4n) is 1.88. The summed E-state index contributed by atoms with van der Waals surface area (Å²) in [4.78, 5) is 11.9. The maximum atomic E-state index is 11.9. The van der Waals surface area contributed by atoms with E-state index in [0.717, 1.165) is 5.56 Å². The van der Waals surface area contributed by atoms with Crippen molar-refractivity contribution in [2.45, 2.75) is 6.54 Å². The lowest BCUT2D eigenvalue weighted by Gasteiger charge is -2.14. The van der Waals surface area contributed by atoms with Crippen LogP contribution < -0.4 is 19.5 Å². The summed E-state index contributed by atoms with van der Waals surface area (Å²) in [6.07, 6.45) is 2.99. The van der Waals surface area contributed by atoms with E-state index in [1.54, 1.807) is 33.5 Å². The average Bonchev–Trinajstić information content (AvgIpc) is 3.06. The van der Waals surface area contributed by atoms with Crippen LogP contribution in [-0.2, 0) is 6.54 Å². The zero-order valence-electron chi connectivity index (χ0n) is 12.1. The Hall–Kier alpha value is -2.70. The van der Waals surface area contributed by atoms with Crippen molar-refractivity contribution in [2.75, 3.05) is 21.3 Å². The first-order valence-corrected chi connectivity index (χ1v) is 6.25. The molecule has 0 bridgehead atoms. The number of nitrogens with one attached hydrogen (secondary N) is 2. The molecule has 0 atom stereocenters. The van der Waals surface area contributed by atoms with Gasteiger partial charge in [-0.25, -0.2) is 0 Å². The van der Waals surface area contributed by atoms with Gasteiger partial charge in [0, 0.05) is 24.4 Å². The van der Waals surface area contributed by atoms with E-state index in [4.69, 9.17) is 14.2 Å². The average molecular weight is 291 g/mol. The number of carbonyl (C=O) groups is 1. The van der Waals surface area contributed by atoms with Crippen LogP contribution in [0.25, 0.3) is 0 Å². The first-order chi connectivity index (χ1) is 10.2. The Labute approximate surface area is 122 Å². The van der Waals surface area contributed by atoms with Gasteiger partial charge in [0.05, 0.1) is 33.1 Å². The second-order valence-electron chi connectivity index (χ2n) is 4.19. The first kappa shape index (κ1) is 14.7. The summed E-state index contributed by atoms with van der Waals surface area (Å²) in [6.45, 7) is 0.299. The van der Waals surface area contributed by atoms with Gasteiger partial charge in [-0.3, -0.25) is 9.89 Å². The number of hydrogen-bond acceptors (Lipinski definition) is 5. The number of aromatic nitrogens is 2. The summed E-state index contributed by atoms with van der Waals surface area (Å²) in [7, 11) is 4.67. The molecule has 0 saturated heterocycles. The van der Waals surface area contributed by atoms with E-state index in [1.165, 1.54) is 12.4 Å². The molecule has 2 N–H and O–H groups in total. The monoisotopic (exact) mass is 291 g/mol. The van der Waals surface area contributed by atoms with Crippen molar-refractivity contribution in [3.05, 3.63) is 35.7 Å². The molecule has 21 heavy (non-hydrogen) atoms. The summed E-state index contributed by atoms with van der Waals surface area (Å²) < 4.78 is 15.8. The number of hydrogen-bond donors (Lipinski definition) is 2. The van der Waals surface area contributed by atoms with Gasteiger partial charge in [0.25, 0.3) is 5.91 Å². The number of ether oxygens (including phenoxy) is 3. The molecule has 1 aromatic carbocycles. The van der Waals surface area contributed by atoms with Crippen LogP contribution in [-0.4, -0.2) is 37.4 Å². The minimum atomic E-state index is -0.222. The summed E-state index contributed by atoms with van der Waals surface area (Å²) in [5.74, 6) is 1.53. The normalized spacial score (nSPS) is 10.0. The Morgan fingerprint density at radius 2 is 1.81 bits per heavy atom. The summed E-state index contributed by atoms with van der Waals surface area (Å²) in [6, 6.07) is 3.49. The van der Waals surface area contributed by atoms with Gasteiger partial charge in [-0.05, 0) is 6.07 Å². The predicted octanol–water partition coefficient (Wildman–Crippen LogP) is 1.37. The van der Waals surface area contributed by atoms with Gasteiger partial charge >= 0.3 is 0 Å². The van der Waals surface area contributed by atoms with E-state index in [-0.39, 0.29) is 5.91 Å². The summed E-state index contributed by atoms with van der Waals surface area (Å²) >= 11 is 0. The van der Waals surface area contributed by atoms with Crippen LogP contribution >= 0.6 is 0 Å². The van der Waals surface area contributed by atoms with Gasteiger partial charge in [-0.15, -0.1) is 0 Å². The van der Waals surface area contributed by atoms with Crippen LogP contribution in [0.15, 0.2) is 24.5 Å². The van der Waals surface area contributed by atoms with E-state index < -0.39 is 0 Å². The number of H-pyrrole nitrogens is 1. The number of amides is 1. The quantitative estimate of drug-likeness (QED) is 0.839. The maximum absolute atomic E-state index is 11.9. The Kier molecular flexibility index (Phi) is 4.65. The van der Waals surface area contributed by atoms with Crippen molar-refractivity contribution in [1.29, 1.82) is 0 Å². The van der Waals surface area contributed by atoms with E-state index in [2.05, 4.69) is 15.5 Å². The highest BCUT2D eigenvalue weighted by atomic mass is 16.5. The highest BCUT2D eigenvalue weighted by Gasteiger charge is 2.13. The van der Waals surface area contributed by atoms with Crippen molar-refractivity contribution in [1.82, 2.24) is 15.5 Å². The van der Waals surface area contributed by atoms with Crippen LogP contribution in [0, 0.1) is 0 Å². The van der Waals surface area contributed by atoms with Gasteiger partial charge in [0.2, 0.25) is 0 Å². The van der Waals surface area contributed by atoms with Gasteiger partial charge < -0.3 is 19.5 Å². The van der Waals surface area contributed by atoms with Crippen molar-refractivity contribution in [3.8, 4) is 17.2 Å². The first-order valence-electron chi connectivity index (χ1n) is 6.25. The second kappa shape index (κ2) is 6.65. The molecule has 7 nitrogen and oxygen atoms in total. The molecule has 0 aliphatic heterocycles. The minimum absolute atomic E-state index is 0.222. The summed E-state index contributed by atoms with van der Waals surface area (Å²) in [5.41, 5.74) is 1.25. The Balaban J connectivity index is 2.17. The Morgan fingerprint density at radius 3 is 2.38 bits per heavy atom. The fourth-order valence-corrected chi connectivity index (χ4v) is 1.88. The van der Waals surface area contributed by atoms with Crippen LogP contribution in [0.4, 0.5) is 0 Å². The van der Waals surface area contributed by atoms with Crippen molar-refractivity contribution in [2.24, 2.45) is 0 Å². The number of rotatable bonds is 6. The van der Waals surface area contributed by atoms with E-state index in [9.17, 15) is 4.79 Å². The van der Waals surface area contributed by atoms with Gasteiger partial charge in [-0.2, -0.15) is 5.10 Å². The molecule has 7 heteroatoms. The number of carbonyl (C=O) groups excluding carboxylic acids is 1. The van der Waals surface area contributed by atoms with Crippen LogP contribution in [0.1, 0.15) is 15.9 Å². The molecular weight excluding hydrogens is 274 g/mol. The lowest BCUT2D eigenvalue weighted by atomic mass is 10.1. The van der Waals surface area contributed by atoms with Crippen molar-refractivity contribution >= 4 is 5.91 Å². The van der Waals surface area contributed by atoms with Crippen LogP contribution in [0.5, 0.6) is 17.2 Å². The smallest absolute Gasteiger partial charge is 0.254 e. The lowest BCUT2D eigenvalue weighted by Crippen LogP contribution is -2.22. The standard InChI is InChI=1S/C14H17N3O4/c1-19-11-5-13(21-3)12(20-2)4-9(11)6-15-14(18)10-7-16-17-8-10/h4-5,7-8H,6H2,1-3H3,(H,15,18)(H,16,17). The fraction of sp³-hybridized carbons (Fsp3) is 0.286. The number of nitrogens with zero attached hydrogens (tertiary/aromatic N) is 1. The molecule has 1 amide bonds. The number of methoxy groups -OCH3 is 3. The van der Waals surface area contributed by atoms with Crippen LogP contribution in [0.3, 0.4) is 0 Å². The van der Waals surface area contributed by atoms with Crippen LogP contribution in [0.2, 0.25) is 0 Å². The highest BCUT2D eigenvalue weighted by Crippen LogP contribution is 2.34. The molecule has 0 spiro atoms. The van der Waals surface area contributed by atoms with E-state index >= 15 is 0 Å². The number of aromatic amines is 1. The van der Waals surface area contributed by atoms with Crippen molar-refractivity contribution < 1.29 is 19.0 Å². The number of benzene rings is 1. The summed E-state index contributed by atoms with van der Waals surface area (Å²) in [5, 5.41) is 9.12. The zero-order valence-corrected chi connectivity index (χ0v) is 12.1. The Morgan fingerprint density at radius 1 is 1.14 bits per heavy atom. The van der Waals surface area contributed by atoms with Gasteiger partial charge in [0.1, 0.15) is 5.75 Å². The van der Waals surface area contributed by atoms with Gasteiger partial charge in [0.15, 0.2) is 11.5 Å². The molecule has 1 heterocycles. The molecule has 0 unspecified atom stereocenters. The molecule has 0 saturated carbocycles. The molecule has 1 aromatic heterocycles. The molecule has 112 valence electrons. The van der Waals surface area contributed by atoms with Crippen molar-refractivity contribution in [3.63, 3.8) is 0 Å². The molecule has 2 aromatic rings. The van der Waals surface area contributed by atoms with Gasteiger partial charge in [-0.1, -0.05) is 0 Å². The largest absolute Gasteiger partial charge is 0.496 e. The molecule has 0 radical (unpaired) electrons. The predicted molar refractivity (Wildman–Crippen MR) is 75.9 cm³/mol. The minimum Gasteiger partial charge on any atom is -0.496 e. The molecule has 0 fully saturated rings. The second-order valence-corrected chi connectivity index (χ2v) is 4.19. The maximum Gasteiger partial charge on any atom is 0.254 e. The molecule has 0 aliphatic rings. The molecule has 2 rings (SSSR count). The Bertz CT molecular complexity index is 611. The molecule has 0 aliphatic carbocycles. The van der Waals surface area contributed by atoms with E-state index in [1.807, 2.05) is 0 Å². The third kappa shape index (κ3) is 3.25. The molecular formula is C14H17N3O4. The zero-order chi connectivity index (χ0) is 15.2. The highest BCUT2D eigenvalue weighted by molar-refractivity contribution is 5.93.